The summed E-state index contributed by atoms with van der Waals surface area (Å²) in [5, 5.41) is 14.1. The number of carbonyl (C=O) groups is 1. The zero-order chi connectivity index (χ0) is 25.8. The van der Waals surface area contributed by atoms with E-state index in [4.69, 9.17) is 0 Å². The lowest BCUT2D eigenvalue weighted by molar-refractivity contribution is -0.118. The maximum atomic E-state index is 13.2. The Morgan fingerprint density at radius 1 is 0.946 bits per heavy atom. The highest BCUT2D eigenvalue weighted by atomic mass is 16.2. The molecule has 5 heteroatoms. The molecule has 0 saturated heterocycles. The number of nitrogens with zero attached hydrogens (tertiary/aromatic N) is 1. The number of hydrogen-bond acceptors (Lipinski definition) is 3. The Balaban J connectivity index is 1.27. The fraction of sp³-hybridized carbons (Fsp3) is 0.312. The van der Waals surface area contributed by atoms with Gasteiger partial charge in [0.05, 0.1) is 11.7 Å². The second-order valence-electron chi connectivity index (χ2n) is 10.3. The van der Waals surface area contributed by atoms with Crippen molar-refractivity contribution < 1.29 is 4.79 Å². The van der Waals surface area contributed by atoms with Crippen LogP contribution in [0.2, 0.25) is 0 Å². The van der Waals surface area contributed by atoms with Gasteiger partial charge < -0.3 is 10.6 Å². The van der Waals surface area contributed by atoms with E-state index in [2.05, 4.69) is 78.0 Å². The van der Waals surface area contributed by atoms with E-state index in [1.807, 2.05) is 36.4 Å². The molecule has 1 unspecified atom stereocenters. The van der Waals surface area contributed by atoms with Crippen LogP contribution in [0, 0.1) is 13.8 Å². The summed E-state index contributed by atoms with van der Waals surface area (Å²) in [6.45, 7) is 6.43. The SMILES string of the molecule is CCC[C@H](NC1CCc2ccc(-c3cc(C)cc(C)c3)cc2C1)C(=O)Nc1cc(-c2ccccc2)n[nH]1. The van der Waals surface area contributed by atoms with Crippen molar-refractivity contribution in [3.8, 4) is 22.4 Å². The van der Waals surface area contributed by atoms with Gasteiger partial charge in [0.2, 0.25) is 5.91 Å². The van der Waals surface area contributed by atoms with Gasteiger partial charge >= 0.3 is 0 Å². The molecule has 1 aromatic heterocycles. The fourth-order valence-electron chi connectivity index (χ4n) is 5.45. The zero-order valence-electron chi connectivity index (χ0n) is 22.0. The minimum absolute atomic E-state index is 0.0140. The number of amides is 1. The molecule has 0 bridgehead atoms. The highest BCUT2D eigenvalue weighted by Gasteiger charge is 2.25. The van der Waals surface area contributed by atoms with Gasteiger partial charge in [-0.1, -0.05) is 91.2 Å². The molecule has 0 radical (unpaired) electrons. The average molecular weight is 493 g/mol. The molecule has 190 valence electrons. The Morgan fingerprint density at radius 2 is 1.73 bits per heavy atom. The summed E-state index contributed by atoms with van der Waals surface area (Å²) in [5.41, 5.74) is 9.76. The topological polar surface area (TPSA) is 69.8 Å². The van der Waals surface area contributed by atoms with Crippen LogP contribution in [-0.4, -0.2) is 28.2 Å². The van der Waals surface area contributed by atoms with E-state index in [1.54, 1.807) is 0 Å². The number of H-pyrrole nitrogens is 1. The summed E-state index contributed by atoms with van der Waals surface area (Å²) < 4.78 is 0. The number of aromatic nitrogens is 2. The van der Waals surface area contributed by atoms with E-state index in [0.29, 0.717) is 5.82 Å². The number of hydrogen-bond donors (Lipinski definition) is 3. The largest absolute Gasteiger partial charge is 0.310 e. The first-order chi connectivity index (χ1) is 18.0. The van der Waals surface area contributed by atoms with Crippen LogP contribution in [0.25, 0.3) is 22.4 Å². The van der Waals surface area contributed by atoms with Gasteiger partial charge in [-0.2, -0.15) is 5.10 Å². The highest BCUT2D eigenvalue weighted by molar-refractivity contribution is 5.94. The number of fused-ring (bicyclic) bond motifs is 1. The smallest absolute Gasteiger partial charge is 0.242 e. The van der Waals surface area contributed by atoms with Crippen molar-refractivity contribution in [2.45, 2.75) is 65.0 Å². The maximum Gasteiger partial charge on any atom is 0.242 e. The monoisotopic (exact) mass is 492 g/mol. The number of anilines is 1. The Hall–Kier alpha value is -3.70. The van der Waals surface area contributed by atoms with Gasteiger partial charge in [-0.25, -0.2) is 0 Å². The molecule has 1 amide bonds. The molecular formula is C32H36N4O. The van der Waals surface area contributed by atoms with Gasteiger partial charge in [0.15, 0.2) is 0 Å². The van der Waals surface area contributed by atoms with Crippen molar-refractivity contribution in [2.75, 3.05) is 5.32 Å². The highest BCUT2D eigenvalue weighted by Crippen LogP contribution is 2.29. The molecule has 1 aliphatic rings. The predicted molar refractivity (Wildman–Crippen MR) is 152 cm³/mol. The molecule has 0 spiro atoms. The van der Waals surface area contributed by atoms with Crippen molar-refractivity contribution in [2.24, 2.45) is 0 Å². The first-order valence-electron chi connectivity index (χ1n) is 13.4. The van der Waals surface area contributed by atoms with Crippen LogP contribution < -0.4 is 10.6 Å². The molecule has 4 aromatic rings. The number of carbonyl (C=O) groups excluding carboxylic acids is 1. The predicted octanol–water partition coefficient (Wildman–Crippen LogP) is 6.61. The van der Waals surface area contributed by atoms with Gasteiger partial charge in [0.1, 0.15) is 5.82 Å². The number of aryl methyl sites for hydroxylation is 3. The van der Waals surface area contributed by atoms with Crippen molar-refractivity contribution in [3.05, 3.63) is 95.1 Å². The summed E-state index contributed by atoms with van der Waals surface area (Å²) >= 11 is 0. The van der Waals surface area contributed by atoms with Crippen molar-refractivity contribution in [1.82, 2.24) is 15.5 Å². The molecule has 0 fully saturated rings. The van der Waals surface area contributed by atoms with Crippen LogP contribution in [-0.2, 0) is 17.6 Å². The molecule has 5 nitrogen and oxygen atoms in total. The van der Waals surface area contributed by atoms with E-state index in [9.17, 15) is 4.79 Å². The lowest BCUT2D eigenvalue weighted by Gasteiger charge is -2.29. The van der Waals surface area contributed by atoms with Crippen molar-refractivity contribution >= 4 is 11.7 Å². The second-order valence-corrected chi connectivity index (χ2v) is 10.3. The van der Waals surface area contributed by atoms with Crippen LogP contribution in [0.5, 0.6) is 0 Å². The minimum atomic E-state index is -0.248. The van der Waals surface area contributed by atoms with Crippen LogP contribution >= 0.6 is 0 Å². The second kappa shape index (κ2) is 11.1. The van der Waals surface area contributed by atoms with Gasteiger partial charge in [-0.15, -0.1) is 0 Å². The van der Waals surface area contributed by atoms with Gasteiger partial charge in [0, 0.05) is 17.7 Å². The Bertz CT molecular complexity index is 1350. The quantitative estimate of drug-likeness (QED) is 0.259. The summed E-state index contributed by atoms with van der Waals surface area (Å²) in [7, 11) is 0. The van der Waals surface area contributed by atoms with Crippen LogP contribution in [0.1, 0.15) is 48.4 Å². The molecule has 5 rings (SSSR count). The third-order valence-corrected chi connectivity index (χ3v) is 7.23. The summed E-state index contributed by atoms with van der Waals surface area (Å²) in [4.78, 5) is 13.2. The van der Waals surface area contributed by atoms with Crippen molar-refractivity contribution in [1.29, 1.82) is 0 Å². The van der Waals surface area contributed by atoms with E-state index in [0.717, 1.165) is 43.4 Å². The summed E-state index contributed by atoms with van der Waals surface area (Å²) in [6.07, 6.45) is 4.72. The van der Waals surface area contributed by atoms with E-state index >= 15 is 0 Å². The number of nitrogens with one attached hydrogen (secondary N) is 3. The van der Waals surface area contributed by atoms with Crippen molar-refractivity contribution in [3.63, 3.8) is 0 Å². The number of benzene rings is 3. The molecule has 1 aliphatic carbocycles. The Labute approximate surface area is 219 Å². The fourth-order valence-corrected chi connectivity index (χ4v) is 5.45. The molecule has 37 heavy (non-hydrogen) atoms. The van der Waals surface area contributed by atoms with Crippen LogP contribution in [0.3, 0.4) is 0 Å². The lowest BCUT2D eigenvalue weighted by atomic mass is 9.85. The molecule has 2 atom stereocenters. The molecule has 0 aliphatic heterocycles. The zero-order valence-corrected chi connectivity index (χ0v) is 22.0. The Kier molecular flexibility index (Phi) is 7.52. The lowest BCUT2D eigenvalue weighted by Crippen LogP contribution is -2.47. The number of rotatable bonds is 8. The van der Waals surface area contributed by atoms with E-state index in [-0.39, 0.29) is 18.0 Å². The van der Waals surface area contributed by atoms with E-state index < -0.39 is 0 Å². The van der Waals surface area contributed by atoms with Gasteiger partial charge in [-0.05, 0) is 61.8 Å². The van der Waals surface area contributed by atoms with Gasteiger partial charge in [0.25, 0.3) is 0 Å². The molecule has 0 saturated carbocycles. The third kappa shape index (κ3) is 6.00. The molecule has 3 aromatic carbocycles. The Morgan fingerprint density at radius 3 is 2.49 bits per heavy atom. The molecule has 3 N–H and O–H groups in total. The molecular weight excluding hydrogens is 456 g/mol. The van der Waals surface area contributed by atoms with Gasteiger partial charge in [-0.3, -0.25) is 9.89 Å². The molecule has 1 heterocycles. The first kappa shape index (κ1) is 25.0. The third-order valence-electron chi connectivity index (χ3n) is 7.23. The number of aromatic amines is 1. The normalized spacial score (nSPS) is 15.7. The minimum Gasteiger partial charge on any atom is -0.310 e. The van der Waals surface area contributed by atoms with Crippen LogP contribution in [0.15, 0.2) is 72.8 Å². The summed E-state index contributed by atoms with van der Waals surface area (Å²) in [5.74, 6) is 0.610. The average Bonchev–Trinajstić information content (AvgIpc) is 3.36. The van der Waals surface area contributed by atoms with Crippen LogP contribution in [0.4, 0.5) is 5.82 Å². The van der Waals surface area contributed by atoms with E-state index in [1.165, 1.54) is 33.4 Å². The first-order valence-corrected chi connectivity index (χ1v) is 13.4. The summed E-state index contributed by atoms with van der Waals surface area (Å²) in [6, 6.07) is 25.5. The standard InChI is InChI=1S/C32H36N4O/c1-4-8-29(32(37)34-31-20-30(35-36-31)24-9-6-5-7-10-24)33-28-14-13-23-11-12-25(18-27(23)19-28)26-16-21(2)15-22(3)17-26/h5-7,9-12,15-18,20,28-29,33H,4,8,13-14,19H2,1-3H3,(H2,34,35,36,37)/t28?,29-/m0/s1. The maximum absolute atomic E-state index is 13.2.